The number of benzene rings is 1. The molecule has 0 bridgehead atoms. The minimum Gasteiger partial charge on any atom is -0.497 e. The van der Waals surface area contributed by atoms with Crippen LogP contribution >= 0.6 is 0 Å². The van der Waals surface area contributed by atoms with Gasteiger partial charge in [0.25, 0.3) is 0 Å². The number of fused-ring (bicyclic) bond motifs is 2. The summed E-state index contributed by atoms with van der Waals surface area (Å²) in [6.45, 7) is 0.326. The van der Waals surface area contributed by atoms with Gasteiger partial charge in [-0.25, -0.2) is 0 Å². The second kappa shape index (κ2) is 5.58. The van der Waals surface area contributed by atoms with E-state index in [4.69, 9.17) is 4.74 Å². The Morgan fingerprint density at radius 3 is 2.70 bits per heavy atom. The zero-order chi connectivity index (χ0) is 14.1. The molecule has 3 heteroatoms. The van der Waals surface area contributed by atoms with Crippen molar-refractivity contribution < 1.29 is 14.9 Å². The van der Waals surface area contributed by atoms with E-state index in [9.17, 15) is 10.2 Å². The number of rotatable bonds is 3. The van der Waals surface area contributed by atoms with Gasteiger partial charge in [0.2, 0.25) is 0 Å². The fourth-order valence-corrected chi connectivity index (χ4v) is 3.79. The molecule has 0 unspecified atom stereocenters. The molecule has 0 saturated carbocycles. The SMILES string of the molecule is COc1ccc2c(c1)CCC1=C2CC[C@H](CO)[C@@H]1CO. The Labute approximate surface area is 119 Å². The van der Waals surface area contributed by atoms with E-state index < -0.39 is 0 Å². The number of aryl methyl sites for hydroxylation is 1. The van der Waals surface area contributed by atoms with Crippen molar-refractivity contribution in [3.63, 3.8) is 0 Å². The van der Waals surface area contributed by atoms with Gasteiger partial charge in [-0.3, -0.25) is 0 Å². The highest BCUT2D eigenvalue weighted by atomic mass is 16.5. The van der Waals surface area contributed by atoms with Gasteiger partial charge in [-0.2, -0.15) is 0 Å². The summed E-state index contributed by atoms with van der Waals surface area (Å²) in [5.41, 5.74) is 5.44. The van der Waals surface area contributed by atoms with E-state index in [0.29, 0.717) is 0 Å². The Bertz CT molecular complexity index is 533. The number of hydrogen-bond donors (Lipinski definition) is 2. The molecule has 0 aromatic heterocycles. The van der Waals surface area contributed by atoms with Gasteiger partial charge in [-0.1, -0.05) is 11.6 Å². The van der Waals surface area contributed by atoms with Crippen LogP contribution in [0, 0.1) is 11.8 Å². The Morgan fingerprint density at radius 1 is 1.15 bits per heavy atom. The standard InChI is InChI=1S/C17H22O3/c1-20-13-4-7-14-11(8-13)2-5-16-15(14)6-3-12(9-18)17(16)10-19/h4,7-8,12,17-19H,2-3,5-6,9-10H2,1H3/t12-,17+/m1/s1. The topological polar surface area (TPSA) is 49.7 Å². The second-order valence-electron chi connectivity index (χ2n) is 5.80. The fourth-order valence-electron chi connectivity index (χ4n) is 3.79. The molecule has 2 aliphatic carbocycles. The number of ether oxygens (including phenoxy) is 1. The summed E-state index contributed by atoms with van der Waals surface area (Å²) in [7, 11) is 1.70. The van der Waals surface area contributed by atoms with E-state index in [1.165, 1.54) is 22.3 Å². The third-order valence-corrected chi connectivity index (χ3v) is 4.90. The number of hydrogen-bond acceptors (Lipinski definition) is 3. The minimum atomic E-state index is 0.138. The maximum Gasteiger partial charge on any atom is 0.119 e. The fraction of sp³-hybridized carbons (Fsp3) is 0.529. The highest BCUT2D eigenvalue weighted by Gasteiger charge is 2.33. The molecule has 2 N–H and O–H groups in total. The maximum atomic E-state index is 9.70. The highest BCUT2D eigenvalue weighted by molar-refractivity contribution is 5.75. The molecule has 0 heterocycles. The van der Waals surface area contributed by atoms with Gasteiger partial charge >= 0.3 is 0 Å². The Kier molecular flexibility index (Phi) is 3.81. The lowest BCUT2D eigenvalue weighted by Gasteiger charge is -2.37. The zero-order valence-electron chi connectivity index (χ0n) is 11.9. The smallest absolute Gasteiger partial charge is 0.119 e. The summed E-state index contributed by atoms with van der Waals surface area (Å²) in [6.07, 6.45) is 3.97. The van der Waals surface area contributed by atoms with Crippen LogP contribution in [0.5, 0.6) is 5.75 Å². The lowest BCUT2D eigenvalue weighted by Crippen LogP contribution is -2.30. The van der Waals surface area contributed by atoms with Crippen LogP contribution in [0.15, 0.2) is 23.8 Å². The monoisotopic (exact) mass is 274 g/mol. The van der Waals surface area contributed by atoms with Crippen LogP contribution in [-0.4, -0.2) is 30.5 Å². The van der Waals surface area contributed by atoms with Crippen molar-refractivity contribution in [2.45, 2.75) is 25.7 Å². The molecule has 3 rings (SSSR count). The molecule has 0 spiro atoms. The largest absolute Gasteiger partial charge is 0.497 e. The van der Waals surface area contributed by atoms with Crippen molar-refractivity contribution in [3.8, 4) is 5.75 Å². The summed E-state index contributed by atoms with van der Waals surface area (Å²) >= 11 is 0. The summed E-state index contributed by atoms with van der Waals surface area (Å²) in [4.78, 5) is 0. The van der Waals surface area contributed by atoms with Gasteiger partial charge in [0.1, 0.15) is 5.75 Å². The molecule has 0 amide bonds. The summed E-state index contributed by atoms with van der Waals surface area (Å²) < 4.78 is 5.30. The molecule has 2 atom stereocenters. The first kappa shape index (κ1) is 13.7. The van der Waals surface area contributed by atoms with E-state index >= 15 is 0 Å². The van der Waals surface area contributed by atoms with Gasteiger partial charge < -0.3 is 14.9 Å². The maximum absolute atomic E-state index is 9.70. The molecule has 1 aromatic rings. The van der Waals surface area contributed by atoms with Crippen molar-refractivity contribution in [1.82, 2.24) is 0 Å². The van der Waals surface area contributed by atoms with Gasteiger partial charge in [-0.05, 0) is 60.4 Å². The quantitative estimate of drug-likeness (QED) is 0.890. The Hall–Kier alpha value is -1.32. The summed E-state index contributed by atoms with van der Waals surface area (Å²) in [6, 6.07) is 6.29. The summed E-state index contributed by atoms with van der Waals surface area (Å²) in [5.74, 6) is 1.27. The molecule has 0 radical (unpaired) electrons. The minimum absolute atomic E-state index is 0.138. The second-order valence-corrected chi connectivity index (χ2v) is 5.80. The predicted molar refractivity (Wildman–Crippen MR) is 78.6 cm³/mol. The van der Waals surface area contributed by atoms with Crippen LogP contribution < -0.4 is 4.74 Å². The van der Waals surface area contributed by atoms with Crippen LogP contribution in [0.2, 0.25) is 0 Å². The first-order valence-electron chi connectivity index (χ1n) is 7.39. The highest BCUT2D eigenvalue weighted by Crippen LogP contribution is 2.45. The van der Waals surface area contributed by atoms with Crippen molar-refractivity contribution in [3.05, 3.63) is 34.9 Å². The van der Waals surface area contributed by atoms with Crippen molar-refractivity contribution in [1.29, 1.82) is 0 Å². The van der Waals surface area contributed by atoms with Crippen LogP contribution in [0.1, 0.15) is 30.4 Å². The van der Waals surface area contributed by atoms with Crippen LogP contribution in [0.25, 0.3) is 5.57 Å². The van der Waals surface area contributed by atoms with Crippen LogP contribution in [-0.2, 0) is 6.42 Å². The van der Waals surface area contributed by atoms with Gasteiger partial charge in [-0.15, -0.1) is 0 Å². The molecule has 20 heavy (non-hydrogen) atoms. The lowest BCUT2D eigenvalue weighted by atomic mass is 9.69. The molecule has 0 aliphatic heterocycles. The molecular weight excluding hydrogens is 252 g/mol. The normalized spacial score (nSPS) is 25.1. The number of aliphatic hydroxyl groups excluding tert-OH is 2. The van der Waals surface area contributed by atoms with Crippen LogP contribution in [0.4, 0.5) is 0 Å². The third-order valence-electron chi connectivity index (χ3n) is 4.90. The number of methoxy groups -OCH3 is 1. The van der Waals surface area contributed by atoms with Gasteiger partial charge in [0.05, 0.1) is 7.11 Å². The summed E-state index contributed by atoms with van der Waals surface area (Å²) in [5, 5.41) is 19.2. The number of allylic oxidation sites excluding steroid dienone is 1. The average molecular weight is 274 g/mol. The predicted octanol–water partition coefficient (Wildman–Crippen LogP) is 2.41. The van der Waals surface area contributed by atoms with Crippen molar-refractivity contribution in [2.75, 3.05) is 20.3 Å². The average Bonchev–Trinajstić information content (AvgIpc) is 2.52. The molecule has 0 fully saturated rings. The Balaban J connectivity index is 2.02. The van der Waals surface area contributed by atoms with Crippen molar-refractivity contribution in [2.24, 2.45) is 11.8 Å². The Morgan fingerprint density at radius 2 is 2.00 bits per heavy atom. The van der Waals surface area contributed by atoms with E-state index in [1.54, 1.807) is 7.11 Å². The van der Waals surface area contributed by atoms with E-state index in [0.717, 1.165) is 31.4 Å². The van der Waals surface area contributed by atoms with E-state index in [-0.39, 0.29) is 25.0 Å². The zero-order valence-corrected chi connectivity index (χ0v) is 11.9. The van der Waals surface area contributed by atoms with Gasteiger partial charge in [0.15, 0.2) is 0 Å². The molecule has 2 aliphatic rings. The van der Waals surface area contributed by atoms with E-state index in [1.807, 2.05) is 6.07 Å². The first-order valence-corrected chi connectivity index (χ1v) is 7.39. The lowest BCUT2D eigenvalue weighted by molar-refractivity contribution is 0.127. The molecule has 1 aromatic carbocycles. The molecular formula is C17H22O3. The molecule has 3 nitrogen and oxygen atoms in total. The van der Waals surface area contributed by atoms with Crippen LogP contribution in [0.3, 0.4) is 0 Å². The first-order chi connectivity index (χ1) is 9.78. The van der Waals surface area contributed by atoms with Crippen molar-refractivity contribution >= 4 is 5.57 Å². The van der Waals surface area contributed by atoms with E-state index in [2.05, 4.69) is 12.1 Å². The molecule has 0 saturated heterocycles. The van der Waals surface area contributed by atoms with Gasteiger partial charge in [0, 0.05) is 19.1 Å². The molecule has 108 valence electrons. The third kappa shape index (κ3) is 2.15. The number of aliphatic hydroxyl groups is 2.